The van der Waals surface area contributed by atoms with Gasteiger partial charge in [-0.2, -0.15) is 13.2 Å². The number of halogens is 4. The zero-order chi connectivity index (χ0) is 15.6. The van der Waals surface area contributed by atoms with Crippen molar-refractivity contribution in [2.75, 3.05) is 13.1 Å². The van der Waals surface area contributed by atoms with E-state index in [-0.39, 0.29) is 24.1 Å². The fourth-order valence-corrected chi connectivity index (χ4v) is 2.78. The van der Waals surface area contributed by atoms with Gasteiger partial charge in [0, 0.05) is 6.54 Å². The zero-order valence-electron chi connectivity index (χ0n) is 11.8. The molecule has 2 nitrogen and oxygen atoms in total. The molecule has 0 radical (unpaired) electrons. The summed E-state index contributed by atoms with van der Waals surface area (Å²) in [5, 5.41) is 9.53. The van der Waals surface area contributed by atoms with Crippen LogP contribution in [0.15, 0.2) is 18.2 Å². The van der Waals surface area contributed by atoms with Gasteiger partial charge in [-0.1, -0.05) is 6.07 Å². The minimum absolute atomic E-state index is 0.0967. The fraction of sp³-hybridized carbons (Fsp3) is 0.600. The van der Waals surface area contributed by atoms with Crippen LogP contribution in [0.3, 0.4) is 0 Å². The third-order valence-corrected chi connectivity index (χ3v) is 4.09. The highest BCUT2D eigenvalue weighted by molar-refractivity contribution is 5.30. The quantitative estimate of drug-likeness (QED) is 0.865. The van der Waals surface area contributed by atoms with Crippen LogP contribution < -0.4 is 0 Å². The summed E-state index contributed by atoms with van der Waals surface area (Å²) < 4.78 is 51.9. The predicted octanol–water partition coefficient (Wildman–Crippen LogP) is 3.44. The first-order chi connectivity index (χ1) is 9.77. The van der Waals surface area contributed by atoms with Crippen LogP contribution in [-0.4, -0.2) is 29.2 Å². The van der Waals surface area contributed by atoms with E-state index in [4.69, 9.17) is 0 Å². The van der Waals surface area contributed by atoms with Crippen LogP contribution in [0.4, 0.5) is 17.6 Å². The Bertz CT molecular complexity index is 479. The summed E-state index contributed by atoms with van der Waals surface area (Å²) in [6.07, 6.45) is -3.40. The third-order valence-electron chi connectivity index (χ3n) is 4.09. The number of aliphatic hydroxyl groups excluding tert-OH is 1. The van der Waals surface area contributed by atoms with Gasteiger partial charge in [0.25, 0.3) is 0 Å². The van der Waals surface area contributed by atoms with Gasteiger partial charge in [0.1, 0.15) is 5.82 Å². The molecule has 1 aromatic rings. The van der Waals surface area contributed by atoms with Crippen LogP contribution in [0.25, 0.3) is 0 Å². The molecule has 1 saturated heterocycles. The van der Waals surface area contributed by atoms with Gasteiger partial charge in [-0.25, -0.2) is 4.39 Å². The number of alkyl halides is 3. The van der Waals surface area contributed by atoms with E-state index in [1.165, 1.54) is 6.07 Å². The molecule has 0 amide bonds. The first kappa shape index (κ1) is 16.2. The van der Waals surface area contributed by atoms with E-state index in [1.54, 1.807) is 6.92 Å². The Morgan fingerprint density at radius 3 is 2.43 bits per heavy atom. The molecule has 0 aromatic heterocycles. The number of hydrogen-bond acceptors (Lipinski definition) is 2. The lowest BCUT2D eigenvalue weighted by atomic mass is 9.92. The lowest BCUT2D eigenvalue weighted by Crippen LogP contribution is -2.37. The van der Waals surface area contributed by atoms with Crippen LogP contribution in [0, 0.1) is 11.7 Å². The minimum atomic E-state index is -4.55. The van der Waals surface area contributed by atoms with Crippen molar-refractivity contribution < 1.29 is 22.7 Å². The van der Waals surface area contributed by atoms with Gasteiger partial charge in [0.05, 0.1) is 11.7 Å². The molecule has 1 unspecified atom stereocenters. The van der Waals surface area contributed by atoms with Crippen molar-refractivity contribution in [3.05, 3.63) is 35.1 Å². The lowest BCUT2D eigenvalue weighted by molar-refractivity contribution is -0.138. The van der Waals surface area contributed by atoms with Gasteiger partial charge in [-0.3, -0.25) is 4.90 Å². The fourth-order valence-electron chi connectivity index (χ4n) is 2.78. The molecule has 118 valence electrons. The Kier molecular flexibility index (Phi) is 4.88. The number of benzene rings is 1. The normalized spacial score (nSPS) is 19.7. The van der Waals surface area contributed by atoms with E-state index in [9.17, 15) is 22.7 Å². The summed E-state index contributed by atoms with van der Waals surface area (Å²) in [6.45, 7) is 3.18. The maximum atomic E-state index is 13.1. The second-order valence-corrected chi connectivity index (χ2v) is 5.65. The second kappa shape index (κ2) is 6.32. The predicted molar refractivity (Wildman–Crippen MR) is 71.1 cm³/mol. The number of aliphatic hydroxyl groups is 1. The SMILES string of the molecule is CC(O)C1CCN(Cc2ccc(F)cc2C(F)(F)F)CC1. The van der Waals surface area contributed by atoms with Gasteiger partial charge in [0.15, 0.2) is 0 Å². The largest absolute Gasteiger partial charge is 0.416 e. The molecule has 1 N–H and O–H groups in total. The average molecular weight is 305 g/mol. The molecule has 1 fully saturated rings. The Labute approximate surface area is 121 Å². The van der Waals surface area contributed by atoms with Crippen molar-refractivity contribution in [3.63, 3.8) is 0 Å². The van der Waals surface area contributed by atoms with Crippen LogP contribution >= 0.6 is 0 Å². The average Bonchev–Trinajstić information content (AvgIpc) is 2.40. The smallest absolute Gasteiger partial charge is 0.393 e. The number of likely N-dealkylation sites (tertiary alicyclic amines) is 1. The first-order valence-corrected chi connectivity index (χ1v) is 7.03. The van der Waals surface area contributed by atoms with E-state index in [1.807, 2.05) is 4.90 Å². The molecule has 6 heteroatoms. The van der Waals surface area contributed by atoms with Gasteiger partial charge >= 0.3 is 6.18 Å². The van der Waals surface area contributed by atoms with Crippen molar-refractivity contribution in [2.45, 2.75) is 38.6 Å². The first-order valence-electron chi connectivity index (χ1n) is 7.03. The molecular formula is C15H19F4NO. The summed E-state index contributed by atoms with van der Waals surface area (Å²) in [6, 6.07) is 2.82. The van der Waals surface area contributed by atoms with Gasteiger partial charge < -0.3 is 5.11 Å². The van der Waals surface area contributed by atoms with Crippen molar-refractivity contribution in [1.29, 1.82) is 0 Å². The van der Waals surface area contributed by atoms with Crippen molar-refractivity contribution in [2.24, 2.45) is 5.92 Å². The van der Waals surface area contributed by atoms with E-state index in [0.29, 0.717) is 19.2 Å². The van der Waals surface area contributed by atoms with Crippen molar-refractivity contribution >= 4 is 0 Å². The van der Waals surface area contributed by atoms with Crippen LogP contribution in [0.2, 0.25) is 0 Å². The molecule has 0 spiro atoms. The molecule has 21 heavy (non-hydrogen) atoms. The Morgan fingerprint density at radius 2 is 1.90 bits per heavy atom. The molecule has 2 rings (SSSR count). The van der Waals surface area contributed by atoms with Crippen molar-refractivity contribution in [1.82, 2.24) is 4.90 Å². The van der Waals surface area contributed by atoms with Gasteiger partial charge in [-0.15, -0.1) is 0 Å². The second-order valence-electron chi connectivity index (χ2n) is 5.65. The molecule has 1 heterocycles. The summed E-state index contributed by atoms with van der Waals surface area (Å²) >= 11 is 0. The maximum Gasteiger partial charge on any atom is 0.416 e. The van der Waals surface area contributed by atoms with Gasteiger partial charge in [0.2, 0.25) is 0 Å². The Balaban J connectivity index is 2.07. The molecule has 1 aromatic carbocycles. The highest BCUT2D eigenvalue weighted by Gasteiger charge is 2.34. The van der Waals surface area contributed by atoms with E-state index < -0.39 is 17.6 Å². The molecule has 1 atom stereocenters. The molecule has 0 aliphatic carbocycles. The number of piperidine rings is 1. The van der Waals surface area contributed by atoms with Crippen LogP contribution in [-0.2, 0) is 12.7 Å². The summed E-state index contributed by atoms with van der Waals surface area (Å²) in [5.41, 5.74) is -0.806. The van der Waals surface area contributed by atoms with Crippen LogP contribution in [0.5, 0.6) is 0 Å². The number of rotatable bonds is 3. The standard InChI is InChI=1S/C15H19F4NO/c1-10(21)11-4-6-20(7-5-11)9-12-2-3-13(16)8-14(12)15(17,18)19/h2-3,8,10-11,21H,4-7,9H2,1H3. The van der Waals surface area contributed by atoms with E-state index >= 15 is 0 Å². The van der Waals surface area contributed by atoms with E-state index in [2.05, 4.69) is 0 Å². The lowest BCUT2D eigenvalue weighted by Gasteiger charge is -2.33. The molecule has 0 saturated carbocycles. The maximum absolute atomic E-state index is 13.1. The van der Waals surface area contributed by atoms with Crippen molar-refractivity contribution in [3.8, 4) is 0 Å². The Morgan fingerprint density at radius 1 is 1.29 bits per heavy atom. The molecule has 0 bridgehead atoms. The number of nitrogens with zero attached hydrogens (tertiary/aromatic N) is 1. The summed E-state index contributed by atoms with van der Waals surface area (Å²) in [4.78, 5) is 1.92. The highest BCUT2D eigenvalue weighted by atomic mass is 19.4. The summed E-state index contributed by atoms with van der Waals surface area (Å²) in [5.74, 6) is -0.671. The Hall–Kier alpha value is -1.14. The van der Waals surface area contributed by atoms with E-state index in [0.717, 1.165) is 18.9 Å². The monoisotopic (exact) mass is 305 g/mol. The summed E-state index contributed by atoms with van der Waals surface area (Å²) in [7, 11) is 0. The van der Waals surface area contributed by atoms with Crippen LogP contribution in [0.1, 0.15) is 30.9 Å². The highest BCUT2D eigenvalue weighted by Crippen LogP contribution is 2.33. The topological polar surface area (TPSA) is 23.5 Å². The molecule has 1 aliphatic rings. The number of hydrogen-bond donors (Lipinski definition) is 1. The molecular weight excluding hydrogens is 286 g/mol. The minimum Gasteiger partial charge on any atom is -0.393 e. The van der Waals surface area contributed by atoms with Gasteiger partial charge in [-0.05, 0) is 56.5 Å². The molecule has 1 aliphatic heterocycles. The third kappa shape index (κ3) is 4.17. The zero-order valence-corrected chi connectivity index (χ0v) is 11.8.